The largest absolute Gasteiger partial charge is 0.461 e. The Morgan fingerprint density at radius 1 is 0.613 bits per heavy atom. The number of rotatable bonds is 9. The van der Waals surface area contributed by atoms with Crippen LogP contribution in [-0.4, -0.2) is 64.3 Å². The van der Waals surface area contributed by atoms with E-state index in [1.807, 2.05) is 0 Å². The van der Waals surface area contributed by atoms with Crippen molar-refractivity contribution in [3.8, 4) is 0 Å². The molecule has 1 atom stereocenters. The van der Waals surface area contributed by atoms with Crippen LogP contribution in [0.5, 0.6) is 0 Å². The zero-order chi connectivity index (χ0) is 25.7. The zero-order valence-electron chi connectivity index (χ0n) is 13.8. The maximum Gasteiger partial charge on any atom is 0.461 e. The molecule has 0 heterocycles. The lowest BCUT2D eigenvalue weighted by molar-refractivity contribution is -0.333. The summed E-state index contributed by atoms with van der Waals surface area (Å²) in [4.78, 5) is 0. The second-order valence-corrected chi connectivity index (χ2v) is 8.55. The second kappa shape index (κ2) is 8.01. The fourth-order valence-corrected chi connectivity index (χ4v) is 3.19. The van der Waals surface area contributed by atoms with E-state index < -0.39 is 67.7 Å². The molecule has 0 N–H and O–H groups in total. The van der Waals surface area contributed by atoms with Crippen molar-refractivity contribution in [3.05, 3.63) is 0 Å². The van der Waals surface area contributed by atoms with Crippen molar-refractivity contribution in [1.82, 2.24) is 0 Å². The van der Waals surface area contributed by atoms with Gasteiger partial charge in [0.25, 0.3) is 0 Å². The van der Waals surface area contributed by atoms with Gasteiger partial charge in [0.2, 0.25) is 0 Å². The van der Waals surface area contributed by atoms with E-state index in [1.54, 1.807) is 0 Å². The van der Waals surface area contributed by atoms with Crippen LogP contribution in [0.15, 0.2) is 0 Å². The number of hydrogen-bond acceptors (Lipinski definition) is 6. The minimum absolute atomic E-state index is 0.00503. The Kier molecular flexibility index (Phi) is 7.71. The topological polar surface area (TPSA) is 86.7 Å². The monoisotopic (exact) mass is 540 g/mol. The molecule has 0 amide bonds. The Bertz CT molecular complexity index is 856. The number of halogens is 14. The molecule has 188 valence electrons. The third kappa shape index (κ3) is 5.10. The second-order valence-electron chi connectivity index (χ2n) is 5.28. The molecule has 0 fully saturated rings. The van der Waals surface area contributed by atoms with Gasteiger partial charge in [0, 0.05) is 0 Å². The van der Waals surface area contributed by atoms with Crippen LogP contribution in [0, 0.1) is 0 Å². The van der Waals surface area contributed by atoms with Crippen LogP contribution in [0.1, 0.15) is 6.92 Å². The van der Waals surface area contributed by atoms with Gasteiger partial charge in [-0.2, -0.15) is 78.3 Å². The molecule has 0 spiro atoms. The normalized spacial score (nSPS) is 17.0. The first-order valence-corrected chi connectivity index (χ1v) is 9.38. The molecule has 1 unspecified atom stereocenters. The molecule has 0 saturated carbocycles. The molecule has 0 saturated heterocycles. The quantitative estimate of drug-likeness (QED) is 0.328. The highest BCUT2D eigenvalue weighted by Gasteiger charge is 2.80. The van der Waals surface area contributed by atoms with Crippen LogP contribution in [0.2, 0.25) is 0 Å². The highest BCUT2D eigenvalue weighted by Crippen LogP contribution is 2.51. The summed E-state index contributed by atoms with van der Waals surface area (Å²) < 4.78 is 224. The van der Waals surface area contributed by atoms with Crippen LogP contribution in [0.3, 0.4) is 0 Å². The van der Waals surface area contributed by atoms with Crippen molar-refractivity contribution in [2.24, 2.45) is 0 Å². The molecule has 0 rings (SSSR count). The smallest absolute Gasteiger partial charge is 0.263 e. The van der Waals surface area contributed by atoms with E-state index in [9.17, 15) is 78.3 Å². The predicted octanol–water partition coefficient (Wildman–Crippen LogP) is 3.65. The first-order chi connectivity index (χ1) is 13.1. The summed E-state index contributed by atoms with van der Waals surface area (Å²) in [5.41, 5.74) is 0. The maximum absolute atomic E-state index is 13.1. The average Bonchev–Trinajstić information content (AvgIpc) is 2.49. The Balaban J connectivity index is 5.65. The van der Waals surface area contributed by atoms with E-state index in [4.69, 9.17) is 0 Å². The Hall–Kier alpha value is -1.16. The molecule has 0 aliphatic rings. The van der Waals surface area contributed by atoms with E-state index in [1.165, 1.54) is 0 Å². The van der Waals surface area contributed by atoms with Gasteiger partial charge in [-0.1, -0.05) is 0 Å². The lowest BCUT2D eigenvalue weighted by Crippen LogP contribution is -2.57. The molecule has 0 aromatic rings. The van der Waals surface area contributed by atoms with Crippen LogP contribution in [0.25, 0.3) is 0 Å². The van der Waals surface area contributed by atoms with E-state index in [2.05, 4.69) is 8.37 Å². The van der Waals surface area contributed by atoms with Gasteiger partial charge in [0.15, 0.2) is 0 Å². The summed E-state index contributed by atoms with van der Waals surface area (Å²) in [6.45, 7) is -2.42. The molecule has 0 radical (unpaired) electrons. The first kappa shape index (κ1) is 29.8. The van der Waals surface area contributed by atoms with Crippen molar-refractivity contribution in [3.63, 3.8) is 0 Å². The lowest BCUT2D eigenvalue weighted by atomic mass is 10.3. The van der Waals surface area contributed by atoms with Gasteiger partial charge in [0.05, 0.1) is 12.7 Å². The van der Waals surface area contributed by atoms with Gasteiger partial charge in [-0.15, -0.1) is 0 Å². The molecule has 31 heavy (non-hydrogen) atoms. The van der Waals surface area contributed by atoms with Crippen molar-refractivity contribution < 1.29 is 86.7 Å². The van der Waals surface area contributed by atoms with Crippen LogP contribution >= 0.6 is 0 Å². The Labute approximate surface area is 162 Å². The van der Waals surface area contributed by atoms with Crippen molar-refractivity contribution in [2.45, 2.75) is 47.7 Å². The minimum atomic E-state index is -7.35. The Morgan fingerprint density at radius 3 is 1.19 bits per heavy atom. The standard InChI is InChI=1S/C9H6F14O6S2/c1-3(29-31(26,27)9(22,23)5(12,13)7(17,18)19)2-28-30(24,25)8(20,21)4(10,11)6(14,15)16/h3H,2H2,1H3. The van der Waals surface area contributed by atoms with Crippen molar-refractivity contribution in [2.75, 3.05) is 6.61 Å². The number of hydrogen-bond donors (Lipinski definition) is 0. The Morgan fingerprint density at radius 2 is 0.903 bits per heavy atom. The molecule has 0 bridgehead atoms. The van der Waals surface area contributed by atoms with Crippen molar-refractivity contribution in [1.29, 1.82) is 0 Å². The molecular formula is C9H6F14O6S2. The summed E-state index contributed by atoms with van der Waals surface area (Å²) in [5.74, 6) is -14.6. The van der Waals surface area contributed by atoms with Gasteiger partial charge in [-0.05, 0) is 6.92 Å². The van der Waals surface area contributed by atoms with Gasteiger partial charge < -0.3 is 0 Å². The molecule has 6 nitrogen and oxygen atoms in total. The van der Waals surface area contributed by atoms with E-state index >= 15 is 0 Å². The van der Waals surface area contributed by atoms with Crippen LogP contribution in [-0.2, 0) is 28.6 Å². The third-order valence-electron chi connectivity index (χ3n) is 2.82. The predicted molar refractivity (Wildman–Crippen MR) is 66.2 cm³/mol. The SMILES string of the molecule is CC(COS(=O)(=O)C(F)(F)C(F)(F)C(F)(F)F)OS(=O)(=O)C(F)(F)C(F)(F)C(F)(F)F. The summed E-state index contributed by atoms with van der Waals surface area (Å²) >= 11 is 0. The van der Waals surface area contributed by atoms with Gasteiger partial charge in [0.1, 0.15) is 0 Å². The zero-order valence-corrected chi connectivity index (χ0v) is 15.5. The van der Waals surface area contributed by atoms with E-state index in [0.29, 0.717) is 0 Å². The third-order valence-corrected chi connectivity index (χ3v) is 5.62. The summed E-state index contributed by atoms with van der Waals surface area (Å²) in [5, 5.41) is -14.2. The fraction of sp³-hybridized carbons (Fsp3) is 1.00. The fourth-order valence-electron chi connectivity index (χ4n) is 1.21. The van der Waals surface area contributed by atoms with E-state index in [0.717, 1.165) is 0 Å². The van der Waals surface area contributed by atoms with Crippen LogP contribution < -0.4 is 0 Å². The molecule has 0 aromatic heterocycles. The molecule has 22 heteroatoms. The average molecular weight is 540 g/mol. The highest BCUT2D eigenvalue weighted by molar-refractivity contribution is 7.88. The van der Waals surface area contributed by atoms with Gasteiger partial charge >= 0.3 is 54.9 Å². The molecular weight excluding hydrogens is 534 g/mol. The minimum Gasteiger partial charge on any atom is -0.263 e. The molecule has 0 aliphatic heterocycles. The number of alkyl halides is 14. The molecule has 0 aliphatic carbocycles. The maximum atomic E-state index is 13.1. The molecule has 0 aromatic carbocycles. The van der Waals surface area contributed by atoms with Crippen molar-refractivity contribution >= 4 is 20.2 Å². The first-order valence-electron chi connectivity index (χ1n) is 6.56. The summed E-state index contributed by atoms with van der Waals surface area (Å²) in [7, 11) is -14.7. The van der Waals surface area contributed by atoms with E-state index in [-0.39, 0.29) is 6.92 Å². The van der Waals surface area contributed by atoms with Gasteiger partial charge in [-0.3, -0.25) is 8.37 Å². The summed E-state index contributed by atoms with van der Waals surface area (Å²) in [6.07, 6.45) is -17.4. The van der Waals surface area contributed by atoms with Gasteiger partial charge in [-0.25, -0.2) is 0 Å². The highest BCUT2D eigenvalue weighted by atomic mass is 32.2. The summed E-state index contributed by atoms with van der Waals surface area (Å²) in [6, 6.07) is 0. The van der Waals surface area contributed by atoms with Crippen LogP contribution in [0.4, 0.5) is 61.5 Å². The lowest BCUT2D eigenvalue weighted by Gasteiger charge is -2.29.